The van der Waals surface area contributed by atoms with Gasteiger partial charge >= 0.3 is 0 Å². The molecule has 0 aliphatic carbocycles. The number of benzene rings is 3. The minimum absolute atomic E-state index is 0.296. The third-order valence-corrected chi connectivity index (χ3v) is 5.76. The molecule has 4 heteroatoms. The molecule has 3 aromatic carbocycles. The third-order valence-electron chi connectivity index (χ3n) is 5.76. The maximum absolute atomic E-state index is 13.4. The Kier molecular flexibility index (Phi) is 5.57. The lowest BCUT2D eigenvalue weighted by Crippen LogP contribution is -2.41. The number of ketones is 1. The van der Waals surface area contributed by atoms with E-state index in [0.717, 1.165) is 22.3 Å². The van der Waals surface area contributed by atoms with E-state index in [0.29, 0.717) is 17.8 Å². The molecule has 1 N–H and O–H groups in total. The number of fused-ring (bicyclic) bond motifs is 1. The van der Waals surface area contributed by atoms with Crippen molar-refractivity contribution in [2.24, 2.45) is 0 Å². The van der Waals surface area contributed by atoms with Crippen molar-refractivity contribution in [2.75, 3.05) is 4.90 Å². The molecule has 1 atom stereocenters. The topological polar surface area (TPSA) is 57.6 Å². The van der Waals surface area contributed by atoms with E-state index in [1.807, 2.05) is 68.4 Å². The molecule has 0 aromatic heterocycles. The Labute approximate surface area is 182 Å². The number of hydrogen-bond donors (Lipinski definition) is 1. The summed E-state index contributed by atoms with van der Waals surface area (Å²) in [5, 5.41) is 11.4. The zero-order valence-corrected chi connectivity index (χ0v) is 17.7. The highest BCUT2D eigenvalue weighted by Gasteiger charge is 2.50. The molecule has 1 amide bonds. The fourth-order valence-corrected chi connectivity index (χ4v) is 4.09. The van der Waals surface area contributed by atoms with Crippen LogP contribution in [-0.2, 0) is 21.7 Å². The molecular weight excluding hydrogens is 386 g/mol. The fourth-order valence-electron chi connectivity index (χ4n) is 4.09. The van der Waals surface area contributed by atoms with Gasteiger partial charge in [0.05, 0.1) is 18.7 Å². The van der Waals surface area contributed by atoms with Crippen molar-refractivity contribution in [3.8, 4) is 0 Å². The highest BCUT2D eigenvalue weighted by molar-refractivity contribution is 6.10. The van der Waals surface area contributed by atoms with Crippen LogP contribution in [0.1, 0.15) is 34.2 Å². The van der Waals surface area contributed by atoms with Crippen LogP contribution >= 0.6 is 0 Å². The van der Waals surface area contributed by atoms with E-state index < -0.39 is 11.5 Å². The number of carbonyl (C=O) groups excluding carboxylic acids is 2. The van der Waals surface area contributed by atoms with Crippen LogP contribution in [0.5, 0.6) is 0 Å². The van der Waals surface area contributed by atoms with E-state index in [-0.39, 0.29) is 12.2 Å². The van der Waals surface area contributed by atoms with Crippen LogP contribution < -0.4 is 4.90 Å². The number of para-hydroxylation sites is 1. The Bertz CT molecular complexity index is 1170. The summed E-state index contributed by atoms with van der Waals surface area (Å²) in [5.74, 6) is -0.766. The van der Waals surface area contributed by atoms with Gasteiger partial charge in [-0.25, -0.2) is 0 Å². The lowest BCUT2D eigenvalue weighted by Gasteiger charge is -2.23. The first-order valence-electron chi connectivity index (χ1n) is 10.3. The minimum atomic E-state index is -1.87. The van der Waals surface area contributed by atoms with Crippen molar-refractivity contribution in [3.05, 3.63) is 107 Å². The molecule has 3 aromatic rings. The van der Waals surface area contributed by atoms with Gasteiger partial charge in [-0.3, -0.25) is 9.59 Å². The first-order chi connectivity index (χ1) is 14.9. The Morgan fingerprint density at radius 3 is 2.45 bits per heavy atom. The van der Waals surface area contributed by atoms with Gasteiger partial charge in [0.25, 0.3) is 5.91 Å². The van der Waals surface area contributed by atoms with E-state index in [1.165, 1.54) is 6.08 Å². The first kappa shape index (κ1) is 20.8. The molecule has 1 heterocycles. The van der Waals surface area contributed by atoms with Gasteiger partial charge < -0.3 is 10.0 Å². The molecule has 0 fully saturated rings. The largest absolute Gasteiger partial charge is 0.375 e. The van der Waals surface area contributed by atoms with Gasteiger partial charge in [-0.05, 0) is 42.7 Å². The highest BCUT2D eigenvalue weighted by atomic mass is 16.3. The first-order valence-corrected chi connectivity index (χ1v) is 10.3. The van der Waals surface area contributed by atoms with E-state index in [1.54, 1.807) is 23.1 Å². The summed E-state index contributed by atoms with van der Waals surface area (Å²) in [5.41, 5.74) is 3.39. The number of aryl methyl sites for hydroxylation is 2. The Balaban J connectivity index is 1.61. The van der Waals surface area contributed by atoms with Crippen molar-refractivity contribution in [3.63, 3.8) is 0 Å². The van der Waals surface area contributed by atoms with E-state index in [4.69, 9.17) is 0 Å². The van der Waals surface area contributed by atoms with Gasteiger partial charge in [-0.1, -0.05) is 78.4 Å². The molecule has 0 bridgehead atoms. The monoisotopic (exact) mass is 411 g/mol. The number of anilines is 1. The zero-order chi connectivity index (χ0) is 22.0. The molecular formula is C27H25NO3. The average Bonchev–Trinajstić information content (AvgIpc) is 2.97. The smallest absolute Gasteiger partial charge is 0.264 e. The second kappa shape index (κ2) is 8.32. The van der Waals surface area contributed by atoms with Crippen molar-refractivity contribution in [2.45, 2.75) is 32.4 Å². The van der Waals surface area contributed by atoms with Gasteiger partial charge in [0.1, 0.15) is 0 Å². The van der Waals surface area contributed by atoms with Crippen molar-refractivity contribution < 1.29 is 14.7 Å². The van der Waals surface area contributed by atoms with Crippen molar-refractivity contribution in [1.29, 1.82) is 0 Å². The molecule has 1 unspecified atom stereocenters. The maximum atomic E-state index is 13.4. The summed E-state index contributed by atoms with van der Waals surface area (Å²) < 4.78 is 0. The predicted molar refractivity (Wildman–Crippen MR) is 123 cm³/mol. The van der Waals surface area contributed by atoms with E-state index in [9.17, 15) is 14.7 Å². The number of allylic oxidation sites excluding steroid dienone is 1. The summed E-state index contributed by atoms with van der Waals surface area (Å²) >= 11 is 0. The van der Waals surface area contributed by atoms with Crippen molar-refractivity contribution >= 4 is 23.5 Å². The van der Waals surface area contributed by atoms with Crippen LogP contribution in [0.15, 0.2) is 78.9 Å². The molecule has 31 heavy (non-hydrogen) atoms. The SMILES string of the molecule is Cc1ccc(CN2C(=O)C(O)(CC(=O)/C=C/c3ccccc3)c3ccccc32)c(C)c1. The molecule has 0 spiro atoms. The summed E-state index contributed by atoms with van der Waals surface area (Å²) in [4.78, 5) is 27.6. The standard InChI is InChI=1S/C27H25NO3/c1-19-12-14-22(20(2)16-19)18-28-25-11-7-6-10-24(25)27(31,26(28)30)17-23(29)15-13-21-8-4-3-5-9-21/h3-16,31H,17-18H2,1-2H3/b15-13+. The van der Waals surface area contributed by atoms with E-state index >= 15 is 0 Å². The fraction of sp³-hybridized carbons (Fsp3) is 0.185. The molecule has 0 radical (unpaired) electrons. The average molecular weight is 412 g/mol. The summed E-state index contributed by atoms with van der Waals surface area (Å²) in [6.07, 6.45) is 2.83. The van der Waals surface area contributed by atoms with Gasteiger partial charge in [0, 0.05) is 5.56 Å². The number of carbonyl (C=O) groups is 2. The molecule has 4 nitrogen and oxygen atoms in total. The number of nitrogens with zero attached hydrogens (tertiary/aromatic N) is 1. The normalized spacial score (nSPS) is 17.9. The molecule has 0 saturated carbocycles. The lowest BCUT2D eigenvalue weighted by molar-refractivity contribution is -0.140. The Hall–Kier alpha value is -3.50. The number of rotatable bonds is 6. The number of amides is 1. The van der Waals surface area contributed by atoms with Gasteiger partial charge in [0.2, 0.25) is 0 Å². The lowest BCUT2D eigenvalue weighted by atomic mass is 9.89. The second-order valence-electron chi connectivity index (χ2n) is 8.09. The van der Waals surface area contributed by atoms with Crippen LogP contribution in [0.4, 0.5) is 5.69 Å². The zero-order valence-electron chi connectivity index (χ0n) is 17.7. The summed E-state index contributed by atoms with van der Waals surface area (Å²) in [7, 11) is 0. The predicted octanol–water partition coefficient (Wildman–Crippen LogP) is 4.71. The van der Waals surface area contributed by atoms with Crippen LogP contribution in [0.2, 0.25) is 0 Å². The van der Waals surface area contributed by atoms with Gasteiger partial charge in [-0.2, -0.15) is 0 Å². The Morgan fingerprint density at radius 1 is 1.00 bits per heavy atom. The van der Waals surface area contributed by atoms with Gasteiger partial charge in [-0.15, -0.1) is 0 Å². The molecule has 4 rings (SSSR count). The van der Waals surface area contributed by atoms with Crippen LogP contribution in [0.3, 0.4) is 0 Å². The van der Waals surface area contributed by atoms with Crippen LogP contribution in [0, 0.1) is 13.8 Å². The number of aliphatic hydroxyl groups is 1. The number of hydrogen-bond acceptors (Lipinski definition) is 3. The maximum Gasteiger partial charge on any atom is 0.264 e. The summed E-state index contributed by atoms with van der Waals surface area (Å²) in [6, 6.07) is 22.7. The summed E-state index contributed by atoms with van der Waals surface area (Å²) in [6.45, 7) is 4.39. The van der Waals surface area contributed by atoms with Crippen molar-refractivity contribution in [1.82, 2.24) is 0 Å². The van der Waals surface area contributed by atoms with Crippen LogP contribution in [-0.4, -0.2) is 16.8 Å². The molecule has 156 valence electrons. The molecule has 1 aliphatic heterocycles. The third kappa shape index (κ3) is 4.07. The second-order valence-corrected chi connectivity index (χ2v) is 8.09. The van der Waals surface area contributed by atoms with E-state index in [2.05, 4.69) is 6.07 Å². The highest BCUT2D eigenvalue weighted by Crippen LogP contribution is 2.43. The minimum Gasteiger partial charge on any atom is -0.375 e. The quantitative estimate of drug-likeness (QED) is 0.598. The molecule has 0 saturated heterocycles. The van der Waals surface area contributed by atoms with Gasteiger partial charge in [0.15, 0.2) is 11.4 Å². The Morgan fingerprint density at radius 2 is 1.71 bits per heavy atom. The molecule has 1 aliphatic rings. The van der Waals surface area contributed by atoms with Crippen LogP contribution in [0.25, 0.3) is 6.08 Å².